The van der Waals surface area contributed by atoms with Gasteiger partial charge < -0.3 is 10.6 Å². The van der Waals surface area contributed by atoms with E-state index < -0.39 is 0 Å². The second kappa shape index (κ2) is 7.21. The molecule has 2 aromatic carbocycles. The van der Waals surface area contributed by atoms with Crippen molar-refractivity contribution in [1.82, 2.24) is 9.97 Å². The largest absolute Gasteiger partial charge is 0.353 e. The first-order chi connectivity index (χ1) is 13.3. The molecule has 4 rings (SSSR count). The fraction of sp³-hybridized carbons (Fsp3) is 0. The molecule has 2 N–H and O–H groups in total. The molecule has 27 heavy (non-hydrogen) atoms. The van der Waals surface area contributed by atoms with Gasteiger partial charge in [-0.05, 0) is 30.3 Å². The second-order valence-electron chi connectivity index (χ2n) is 5.86. The van der Waals surface area contributed by atoms with E-state index in [0.717, 1.165) is 16.6 Å². The Hall–Kier alpha value is -3.80. The van der Waals surface area contributed by atoms with Crippen molar-refractivity contribution < 1.29 is 9.18 Å². The summed E-state index contributed by atoms with van der Waals surface area (Å²) < 4.78 is 14.3. The summed E-state index contributed by atoms with van der Waals surface area (Å²) in [6, 6.07) is 17.7. The summed E-state index contributed by atoms with van der Waals surface area (Å²) in [5.74, 6) is -0.335. The maximum Gasteiger partial charge on any atom is 0.211 e. The molecule has 0 radical (unpaired) electrons. The van der Waals surface area contributed by atoms with Gasteiger partial charge in [0.25, 0.3) is 0 Å². The number of benzene rings is 2. The summed E-state index contributed by atoms with van der Waals surface area (Å²) in [6.45, 7) is 0. The number of nitrogens with one attached hydrogen (secondary N) is 2. The highest BCUT2D eigenvalue weighted by atomic mass is 19.1. The molecule has 2 aromatic heterocycles. The predicted octanol–water partition coefficient (Wildman–Crippen LogP) is 4.75. The number of pyridine rings is 2. The van der Waals surface area contributed by atoms with E-state index in [1.54, 1.807) is 42.7 Å². The van der Waals surface area contributed by atoms with E-state index in [0.29, 0.717) is 29.0 Å². The molecular formula is C21H15FN4O. The van der Waals surface area contributed by atoms with Crippen LogP contribution < -0.4 is 10.6 Å². The number of aromatic nitrogens is 2. The van der Waals surface area contributed by atoms with Crippen molar-refractivity contribution in [2.24, 2.45) is 0 Å². The highest BCUT2D eigenvalue weighted by molar-refractivity contribution is 5.97. The number of carbonyl (C=O) groups is 1. The number of para-hydroxylation sites is 1. The smallest absolute Gasteiger partial charge is 0.211 e. The quantitative estimate of drug-likeness (QED) is 0.505. The van der Waals surface area contributed by atoms with Gasteiger partial charge in [0.1, 0.15) is 5.82 Å². The zero-order valence-electron chi connectivity index (χ0n) is 14.2. The molecule has 0 spiro atoms. The lowest BCUT2D eigenvalue weighted by Gasteiger charge is -2.14. The summed E-state index contributed by atoms with van der Waals surface area (Å²) in [4.78, 5) is 19.5. The predicted molar refractivity (Wildman–Crippen MR) is 104 cm³/mol. The lowest BCUT2D eigenvalue weighted by Crippen LogP contribution is -2.01. The number of carbonyl (C=O) groups excluding carboxylic acids is 1. The molecule has 0 aliphatic heterocycles. The van der Waals surface area contributed by atoms with Crippen LogP contribution in [-0.4, -0.2) is 16.4 Å². The third-order valence-electron chi connectivity index (χ3n) is 4.17. The standard InChI is InChI=1S/C21H15FN4O/c22-16-7-3-1-5-14(16)19-11-20(15-6-2-4-8-17(15)25-19)26-18-9-10-23-12-21(18)24-13-27/h1-13H,(H,24,27)(H,23,25,26). The number of hydrogen-bond acceptors (Lipinski definition) is 4. The van der Waals surface area contributed by atoms with E-state index in [1.807, 2.05) is 24.3 Å². The molecule has 0 aliphatic rings. The minimum absolute atomic E-state index is 0.335. The normalized spacial score (nSPS) is 10.6. The summed E-state index contributed by atoms with van der Waals surface area (Å²) >= 11 is 0. The van der Waals surface area contributed by atoms with Gasteiger partial charge in [0, 0.05) is 17.1 Å². The summed E-state index contributed by atoms with van der Waals surface area (Å²) in [6.07, 6.45) is 3.77. The van der Waals surface area contributed by atoms with Gasteiger partial charge in [-0.1, -0.05) is 30.3 Å². The van der Waals surface area contributed by atoms with Gasteiger partial charge >= 0.3 is 0 Å². The number of fused-ring (bicyclic) bond motifs is 1. The van der Waals surface area contributed by atoms with Crippen molar-refractivity contribution in [3.63, 3.8) is 0 Å². The Balaban J connectivity index is 1.87. The van der Waals surface area contributed by atoms with E-state index >= 15 is 0 Å². The number of amides is 1. The molecule has 0 fully saturated rings. The maximum absolute atomic E-state index is 14.3. The molecule has 0 aliphatic carbocycles. The molecule has 4 aromatic rings. The molecule has 132 valence electrons. The number of rotatable bonds is 5. The van der Waals surface area contributed by atoms with Crippen molar-refractivity contribution >= 4 is 34.4 Å². The Morgan fingerprint density at radius 2 is 1.74 bits per heavy atom. The second-order valence-corrected chi connectivity index (χ2v) is 5.86. The SMILES string of the molecule is O=CNc1cnccc1Nc1cc(-c2ccccc2F)nc2ccccc12. The summed E-state index contributed by atoms with van der Waals surface area (Å²) in [7, 11) is 0. The van der Waals surface area contributed by atoms with Gasteiger partial charge in [-0.3, -0.25) is 9.78 Å². The zero-order chi connectivity index (χ0) is 18.6. The molecular weight excluding hydrogens is 343 g/mol. The number of halogens is 1. The lowest BCUT2D eigenvalue weighted by molar-refractivity contribution is -0.105. The van der Waals surface area contributed by atoms with E-state index in [9.17, 15) is 9.18 Å². The maximum atomic E-state index is 14.3. The van der Waals surface area contributed by atoms with Crippen LogP contribution in [0.25, 0.3) is 22.2 Å². The first kappa shape index (κ1) is 16.7. The third-order valence-corrected chi connectivity index (χ3v) is 4.17. The van der Waals surface area contributed by atoms with Crippen LogP contribution in [0.3, 0.4) is 0 Å². The fourth-order valence-corrected chi connectivity index (χ4v) is 2.91. The zero-order valence-corrected chi connectivity index (χ0v) is 14.2. The van der Waals surface area contributed by atoms with Crippen molar-refractivity contribution in [2.75, 3.05) is 10.6 Å². The molecule has 0 atom stereocenters. The molecule has 0 saturated carbocycles. The van der Waals surface area contributed by atoms with Crippen LogP contribution >= 0.6 is 0 Å². The van der Waals surface area contributed by atoms with Crippen LogP contribution in [0, 0.1) is 5.82 Å². The fourth-order valence-electron chi connectivity index (χ4n) is 2.91. The van der Waals surface area contributed by atoms with E-state index in [2.05, 4.69) is 20.6 Å². The van der Waals surface area contributed by atoms with Crippen LogP contribution in [-0.2, 0) is 4.79 Å². The Morgan fingerprint density at radius 1 is 0.926 bits per heavy atom. The molecule has 2 heterocycles. The summed E-state index contributed by atoms with van der Waals surface area (Å²) in [5, 5.41) is 6.81. The van der Waals surface area contributed by atoms with Crippen LogP contribution in [0.5, 0.6) is 0 Å². The number of hydrogen-bond donors (Lipinski definition) is 2. The molecule has 0 unspecified atom stereocenters. The van der Waals surface area contributed by atoms with Crippen molar-refractivity contribution in [1.29, 1.82) is 0 Å². The minimum Gasteiger partial charge on any atom is -0.353 e. The van der Waals surface area contributed by atoms with Gasteiger partial charge in [-0.25, -0.2) is 9.37 Å². The first-order valence-corrected chi connectivity index (χ1v) is 8.32. The van der Waals surface area contributed by atoms with Crippen LogP contribution in [0.15, 0.2) is 73.1 Å². The average Bonchev–Trinajstić information content (AvgIpc) is 2.70. The van der Waals surface area contributed by atoms with Gasteiger partial charge in [-0.2, -0.15) is 0 Å². The van der Waals surface area contributed by atoms with Crippen LogP contribution in [0.4, 0.5) is 21.5 Å². The minimum atomic E-state index is -0.335. The first-order valence-electron chi connectivity index (χ1n) is 8.32. The number of nitrogens with zero attached hydrogens (tertiary/aromatic N) is 2. The van der Waals surface area contributed by atoms with Gasteiger partial charge in [0.2, 0.25) is 6.41 Å². The molecule has 5 nitrogen and oxygen atoms in total. The van der Waals surface area contributed by atoms with Gasteiger partial charge in [0.15, 0.2) is 0 Å². The van der Waals surface area contributed by atoms with E-state index in [1.165, 1.54) is 6.07 Å². The molecule has 0 bridgehead atoms. The molecule has 1 amide bonds. The topological polar surface area (TPSA) is 66.9 Å². The van der Waals surface area contributed by atoms with Gasteiger partial charge in [0.05, 0.1) is 34.5 Å². The van der Waals surface area contributed by atoms with E-state index in [4.69, 9.17) is 0 Å². The average molecular weight is 358 g/mol. The monoisotopic (exact) mass is 358 g/mol. The van der Waals surface area contributed by atoms with Crippen molar-refractivity contribution in [2.45, 2.75) is 0 Å². The van der Waals surface area contributed by atoms with Crippen molar-refractivity contribution in [3.8, 4) is 11.3 Å². The number of anilines is 3. The van der Waals surface area contributed by atoms with E-state index in [-0.39, 0.29) is 5.82 Å². The summed E-state index contributed by atoms with van der Waals surface area (Å²) in [5.41, 5.74) is 3.65. The van der Waals surface area contributed by atoms with Crippen LogP contribution in [0.1, 0.15) is 0 Å². The van der Waals surface area contributed by atoms with Crippen LogP contribution in [0.2, 0.25) is 0 Å². The highest BCUT2D eigenvalue weighted by Crippen LogP contribution is 2.33. The Morgan fingerprint density at radius 3 is 2.59 bits per heavy atom. The Kier molecular flexibility index (Phi) is 4.45. The highest BCUT2D eigenvalue weighted by Gasteiger charge is 2.12. The lowest BCUT2D eigenvalue weighted by atomic mass is 10.1. The Labute approximate surface area is 154 Å². The van der Waals surface area contributed by atoms with Gasteiger partial charge in [-0.15, -0.1) is 0 Å². The van der Waals surface area contributed by atoms with Crippen molar-refractivity contribution in [3.05, 3.63) is 78.9 Å². The molecule has 0 saturated heterocycles. The molecule has 6 heteroatoms. The third kappa shape index (κ3) is 3.32. The Bertz CT molecular complexity index is 1130.